The molecule has 6 aromatic rings. The zero-order chi connectivity index (χ0) is 24.9. The maximum absolute atomic E-state index is 2.28. The summed E-state index contributed by atoms with van der Waals surface area (Å²) in [4.78, 5) is 0. The van der Waals surface area contributed by atoms with E-state index in [0.717, 1.165) is 16.4 Å². The molecule has 2 atom stereocenters. The van der Waals surface area contributed by atoms with Crippen LogP contribution in [0.25, 0.3) is 43.4 Å². The molecule has 0 fully saturated rings. The second-order valence-electron chi connectivity index (χ2n) is 9.13. The summed E-state index contributed by atoms with van der Waals surface area (Å²) in [5, 5.41) is 9.47. The first-order valence-corrected chi connectivity index (χ1v) is 16.5. The highest BCUT2D eigenvalue weighted by molar-refractivity contribution is 7.54. The fraction of sp³-hybridized carbons (Fsp3) is 0.0909. The third-order valence-corrected chi connectivity index (χ3v) is 13.4. The van der Waals surface area contributed by atoms with E-state index in [0.29, 0.717) is 0 Å². The molecule has 4 aromatic carbocycles. The van der Waals surface area contributed by atoms with Crippen LogP contribution in [-0.2, 0) is 12.8 Å². The zero-order valence-corrected chi connectivity index (χ0v) is 24.4. The fourth-order valence-corrected chi connectivity index (χ4v) is 11.6. The minimum Gasteiger partial charge on any atom is -0.122 e. The lowest BCUT2D eigenvalue weighted by atomic mass is 10.1. The number of rotatable bonds is 8. The van der Waals surface area contributed by atoms with Gasteiger partial charge in [0, 0.05) is 21.2 Å². The Labute approximate surface area is 226 Å². The van der Waals surface area contributed by atoms with E-state index in [1.165, 1.54) is 79.1 Å². The molecular formula is C33H28P4. The van der Waals surface area contributed by atoms with Crippen LogP contribution in [-0.4, -0.2) is 0 Å². The molecule has 180 valence electrons. The molecule has 2 unspecified atom stereocenters. The lowest BCUT2D eigenvalue weighted by Gasteiger charge is -2.04. The summed E-state index contributed by atoms with van der Waals surface area (Å²) in [6, 6.07) is 44.0. The fourth-order valence-electron chi connectivity index (χ4n) is 4.74. The van der Waals surface area contributed by atoms with Crippen molar-refractivity contribution in [2.75, 3.05) is 0 Å². The van der Waals surface area contributed by atoms with Crippen molar-refractivity contribution >= 4 is 32.8 Å². The quantitative estimate of drug-likeness (QED) is 0.177. The van der Waals surface area contributed by atoms with Gasteiger partial charge in [0.2, 0.25) is 0 Å². The Bertz CT molecular complexity index is 1330. The first-order valence-electron chi connectivity index (χ1n) is 12.7. The maximum atomic E-state index is 2.28. The van der Waals surface area contributed by atoms with Crippen molar-refractivity contribution in [2.24, 2.45) is 0 Å². The summed E-state index contributed by atoms with van der Waals surface area (Å²) >= 11 is 0. The van der Waals surface area contributed by atoms with E-state index in [1.54, 1.807) is 10.1 Å². The second-order valence-corrected chi connectivity index (χ2v) is 15.1. The first-order chi connectivity index (χ1) is 18.3. The minimum absolute atomic E-state index is 0.804. The molecule has 0 saturated heterocycles. The number of hydrogen-bond acceptors (Lipinski definition) is 0. The van der Waals surface area contributed by atoms with E-state index in [-0.39, 0.29) is 0 Å². The van der Waals surface area contributed by atoms with Crippen LogP contribution in [0.15, 0.2) is 121 Å². The zero-order valence-electron chi connectivity index (χ0n) is 20.6. The average Bonchev–Trinajstić information content (AvgIpc) is 3.60. The Morgan fingerprint density at radius 3 is 1.08 bits per heavy atom. The molecule has 4 heteroatoms. The van der Waals surface area contributed by atoms with E-state index < -0.39 is 0 Å². The summed E-state index contributed by atoms with van der Waals surface area (Å²) in [5.41, 5.74) is 5.52. The van der Waals surface area contributed by atoms with Gasteiger partial charge in [0.05, 0.1) is 0 Å². The molecular weight excluding hydrogens is 520 g/mol. The molecule has 2 aromatic heterocycles. The van der Waals surface area contributed by atoms with Crippen LogP contribution in [0.3, 0.4) is 0 Å². The number of hydrogen-bond donors (Lipinski definition) is 0. The predicted molar refractivity (Wildman–Crippen MR) is 171 cm³/mol. The average molecular weight is 548 g/mol. The molecule has 0 bridgehead atoms. The smallest absolute Gasteiger partial charge is 0.0212 e. The van der Waals surface area contributed by atoms with Gasteiger partial charge in [-0.25, -0.2) is 0 Å². The normalized spacial score (nSPS) is 11.9. The van der Waals surface area contributed by atoms with E-state index in [4.69, 9.17) is 0 Å². The van der Waals surface area contributed by atoms with Crippen molar-refractivity contribution in [3.05, 3.63) is 131 Å². The van der Waals surface area contributed by atoms with Crippen LogP contribution >= 0.6 is 32.8 Å². The van der Waals surface area contributed by atoms with Gasteiger partial charge < -0.3 is 0 Å². The van der Waals surface area contributed by atoms with E-state index in [9.17, 15) is 0 Å². The topological polar surface area (TPSA) is 0 Å². The molecule has 0 amide bonds. The summed E-state index contributed by atoms with van der Waals surface area (Å²) in [7, 11) is 4.47. The van der Waals surface area contributed by atoms with E-state index in [1.807, 2.05) is 0 Å². The Balaban J connectivity index is 1.25. The Morgan fingerprint density at radius 1 is 0.405 bits per heavy atom. The Morgan fingerprint density at radius 2 is 0.730 bits per heavy atom. The van der Waals surface area contributed by atoms with Gasteiger partial charge in [-0.05, 0) is 51.6 Å². The molecule has 0 nitrogen and oxygen atoms in total. The van der Waals surface area contributed by atoms with Gasteiger partial charge in [0.15, 0.2) is 0 Å². The van der Waals surface area contributed by atoms with Crippen LogP contribution in [0.2, 0.25) is 0 Å². The van der Waals surface area contributed by atoms with Crippen molar-refractivity contribution in [2.45, 2.75) is 19.3 Å². The van der Waals surface area contributed by atoms with Crippen LogP contribution in [0.1, 0.15) is 16.5 Å². The highest BCUT2D eigenvalue weighted by Crippen LogP contribution is 2.52. The maximum Gasteiger partial charge on any atom is 0.0212 e. The molecule has 0 aliphatic heterocycles. The Kier molecular flexibility index (Phi) is 7.84. The van der Waals surface area contributed by atoms with Crippen molar-refractivity contribution in [1.29, 1.82) is 0 Å². The van der Waals surface area contributed by atoms with Gasteiger partial charge in [-0.15, -0.1) is 16.4 Å². The number of aryl methyl sites for hydroxylation is 2. The molecule has 0 aliphatic rings. The van der Waals surface area contributed by atoms with E-state index >= 15 is 0 Å². The van der Waals surface area contributed by atoms with Gasteiger partial charge in [0.25, 0.3) is 0 Å². The highest BCUT2D eigenvalue weighted by Gasteiger charge is 2.15. The molecule has 6 rings (SSSR count). The van der Waals surface area contributed by atoms with E-state index in [2.05, 4.69) is 121 Å². The van der Waals surface area contributed by atoms with Crippen LogP contribution < -0.4 is 0 Å². The Hall–Kier alpha value is -2.70. The molecule has 0 aliphatic carbocycles. The predicted octanol–water partition coefficient (Wildman–Crippen LogP) is 11.8. The molecule has 0 N–H and O–H groups in total. The summed E-state index contributed by atoms with van der Waals surface area (Å²) in [5.74, 6) is 0. The standard InChI is InChI=1S/C33H28P4/c1-5-14-24(15-6-1)30-31(25-16-7-2-8-17-25)35-28(34-30)22-13-23-29-36-32(26-18-9-3-10-19-26)33(37-29)27-20-11-4-12-21-27/h1-12,14-21,34,36H,13,22-23H2. The van der Waals surface area contributed by atoms with Gasteiger partial charge in [0.1, 0.15) is 0 Å². The summed E-state index contributed by atoms with van der Waals surface area (Å²) in [6.07, 6.45) is 3.69. The van der Waals surface area contributed by atoms with Crippen molar-refractivity contribution in [3.63, 3.8) is 0 Å². The van der Waals surface area contributed by atoms with Gasteiger partial charge >= 0.3 is 0 Å². The van der Waals surface area contributed by atoms with Crippen molar-refractivity contribution in [3.8, 4) is 43.4 Å². The molecule has 0 radical (unpaired) electrons. The van der Waals surface area contributed by atoms with Crippen LogP contribution in [0.4, 0.5) is 0 Å². The molecule has 0 saturated carbocycles. The minimum atomic E-state index is 0.804. The van der Waals surface area contributed by atoms with Gasteiger partial charge in [-0.2, -0.15) is 0 Å². The molecule has 37 heavy (non-hydrogen) atoms. The van der Waals surface area contributed by atoms with Crippen LogP contribution in [0, 0.1) is 0 Å². The largest absolute Gasteiger partial charge is 0.122 e. The van der Waals surface area contributed by atoms with Crippen molar-refractivity contribution in [1.82, 2.24) is 0 Å². The molecule has 0 spiro atoms. The van der Waals surface area contributed by atoms with Gasteiger partial charge in [-0.3, -0.25) is 0 Å². The first kappa shape index (κ1) is 24.6. The summed E-state index contributed by atoms with van der Waals surface area (Å²) < 4.78 is 0. The third kappa shape index (κ3) is 5.75. The monoisotopic (exact) mass is 548 g/mol. The van der Waals surface area contributed by atoms with Crippen LogP contribution in [0.5, 0.6) is 0 Å². The lowest BCUT2D eigenvalue weighted by Crippen LogP contribution is -1.81. The van der Waals surface area contributed by atoms with Gasteiger partial charge in [-0.1, -0.05) is 138 Å². The molecule has 2 heterocycles. The van der Waals surface area contributed by atoms with Crippen molar-refractivity contribution < 1.29 is 0 Å². The third-order valence-electron chi connectivity index (χ3n) is 6.55. The highest BCUT2D eigenvalue weighted by atomic mass is 31.1. The summed E-state index contributed by atoms with van der Waals surface area (Å²) in [6.45, 7) is 0. The lowest BCUT2D eigenvalue weighted by molar-refractivity contribution is 0.860. The number of benzene rings is 4. The second kappa shape index (κ2) is 11.8. The SMILES string of the molecule is c1ccc(-c2pc(CCCc3pc(-c4ccccc4)c(-c4ccccc4)[pH]3)[pH]c2-c2ccccc2)cc1.